The summed E-state index contributed by atoms with van der Waals surface area (Å²) in [6.45, 7) is 1.64. The normalized spacial score (nSPS) is 11.5. The molecule has 9 nitrogen and oxygen atoms in total. The van der Waals surface area contributed by atoms with Gasteiger partial charge >= 0.3 is 6.18 Å². The number of carbonyl (C=O) groups excluding carboxylic acids is 1. The molecule has 2 heterocycles. The molecule has 0 saturated carbocycles. The summed E-state index contributed by atoms with van der Waals surface area (Å²) in [7, 11) is 1.32. The van der Waals surface area contributed by atoms with Gasteiger partial charge in [0.05, 0.1) is 19.0 Å². The number of benzene rings is 2. The first-order chi connectivity index (χ1) is 17.1. The smallest absolute Gasteiger partial charge is 0.416 e. The third-order valence-corrected chi connectivity index (χ3v) is 5.24. The number of alkyl halides is 3. The van der Waals surface area contributed by atoms with E-state index in [4.69, 9.17) is 4.74 Å². The van der Waals surface area contributed by atoms with Gasteiger partial charge in [-0.3, -0.25) is 18.8 Å². The Morgan fingerprint density at radius 2 is 1.81 bits per heavy atom. The van der Waals surface area contributed by atoms with Crippen LogP contribution in [0, 0.1) is 5.82 Å². The summed E-state index contributed by atoms with van der Waals surface area (Å²) < 4.78 is 59.6. The second-order valence-electron chi connectivity index (χ2n) is 7.64. The highest BCUT2D eigenvalue weighted by Crippen LogP contribution is 2.31. The van der Waals surface area contributed by atoms with Gasteiger partial charge in [-0.05, 0) is 43.3 Å². The van der Waals surface area contributed by atoms with Gasteiger partial charge < -0.3 is 15.4 Å². The number of amides is 1. The molecular formula is C23H20F4N6O3. The molecule has 0 saturated heterocycles. The van der Waals surface area contributed by atoms with Gasteiger partial charge in [0.1, 0.15) is 12.1 Å². The van der Waals surface area contributed by atoms with E-state index < -0.39 is 35.6 Å². The minimum absolute atomic E-state index is 0.0207. The summed E-state index contributed by atoms with van der Waals surface area (Å²) in [5, 5.41) is 9.69. The standard InChI is InChI=1S/C23H20F4N6O3/c1-3-33-20-19(21(31-33)30-14-6-4-13(5-7-14)23(25,26)27)28-12-32(22(20)35)11-18(34)29-15-8-9-17(36-2)16(24)10-15/h4-10,12H,3,11H2,1-2H3,(H,29,34)(H,30,31). The maximum absolute atomic E-state index is 13.9. The number of fused-ring (bicyclic) bond motifs is 1. The van der Waals surface area contributed by atoms with Gasteiger partial charge in [0.25, 0.3) is 5.56 Å². The lowest BCUT2D eigenvalue weighted by Crippen LogP contribution is -2.28. The lowest BCUT2D eigenvalue weighted by Gasteiger charge is -2.09. The largest absolute Gasteiger partial charge is 0.494 e. The van der Waals surface area contributed by atoms with E-state index in [0.29, 0.717) is 12.2 Å². The number of hydrogen-bond donors (Lipinski definition) is 2. The fourth-order valence-corrected chi connectivity index (χ4v) is 3.51. The number of halogens is 4. The van der Waals surface area contributed by atoms with Crippen LogP contribution in [0.2, 0.25) is 0 Å². The number of nitrogens with one attached hydrogen (secondary N) is 2. The number of aromatic nitrogens is 4. The molecule has 2 aromatic carbocycles. The minimum atomic E-state index is -4.46. The van der Waals surface area contributed by atoms with Crippen LogP contribution < -0.4 is 20.9 Å². The van der Waals surface area contributed by atoms with Crippen molar-refractivity contribution in [3.8, 4) is 5.75 Å². The first-order valence-corrected chi connectivity index (χ1v) is 10.6. The van der Waals surface area contributed by atoms with E-state index in [2.05, 4.69) is 20.7 Å². The molecule has 0 unspecified atom stereocenters. The molecule has 0 aliphatic carbocycles. The summed E-state index contributed by atoms with van der Waals surface area (Å²) >= 11 is 0. The molecule has 2 N–H and O–H groups in total. The minimum Gasteiger partial charge on any atom is -0.494 e. The average Bonchev–Trinajstić information content (AvgIpc) is 3.19. The van der Waals surface area contributed by atoms with Crippen molar-refractivity contribution < 1.29 is 27.1 Å². The molecular weight excluding hydrogens is 484 g/mol. The Hall–Kier alpha value is -4.42. The highest BCUT2D eigenvalue weighted by Gasteiger charge is 2.30. The fraction of sp³-hybridized carbons (Fsp3) is 0.217. The number of methoxy groups -OCH3 is 1. The molecule has 1 amide bonds. The van der Waals surface area contributed by atoms with Gasteiger partial charge in [-0.15, -0.1) is 0 Å². The van der Waals surface area contributed by atoms with Crippen molar-refractivity contribution in [1.29, 1.82) is 0 Å². The van der Waals surface area contributed by atoms with Crippen molar-refractivity contribution in [3.63, 3.8) is 0 Å². The molecule has 0 fully saturated rings. The Morgan fingerprint density at radius 3 is 2.42 bits per heavy atom. The van der Waals surface area contributed by atoms with Crippen LogP contribution in [0.5, 0.6) is 5.75 Å². The van der Waals surface area contributed by atoms with Crippen molar-refractivity contribution in [2.45, 2.75) is 26.2 Å². The van der Waals surface area contributed by atoms with E-state index >= 15 is 0 Å². The number of aryl methyl sites for hydroxylation is 1. The van der Waals surface area contributed by atoms with Crippen molar-refractivity contribution in [2.24, 2.45) is 0 Å². The Labute approximate surface area is 201 Å². The van der Waals surface area contributed by atoms with Gasteiger partial charge in [-0.25, -0.2) is 9.37 Å². The van der Waals surface area contributed by atoms with E-state index in [-0.39, 0.29) is 28.3 Å². The number of nitrogens with zero attached hydrogens (tertiary/aromatic N) is 4. The summed E-state index contributed by atoms with van der Waals surface area (Å²) in [4.78, 5) is 29.8. The van der Waals surface area contributed by atoms with E-state index in [1.807, 2.05) is 0 Å². The molecule has 2 aromatic heterocycles. The first-order valence-electron chi connectivity index (χ1n) is 10.6. The zero-order valence-electron chi connectivity index (χ0n) is 19.1. The molecule has 0 aliphatic heterocycles. The number of hydrogen-bond acceptors (Lipinski definition) is 6. The van der Waals surface area contributed by atoms with Crippen molar-refractivity contribution >= 4 is 34.1 Å². The summed E-state index contributed by atoms with van der Waals surface area (Å²) in [5.74, 6) is -1.05. The third kappa shape index (κ3) is 4.99. The monoisotopic (exact) mass is 504 g/mol. The predicted octanol–water partition coefficient (Wildman–Crippen LogP) is 4.16. The summed E-state index contributed by atoms with van der Waals surface area (Å²) in [5.41, 5.74) is -0.544. The maximum atomic E-state index is 13.9. The molecule has 4 rings (SSSR count). The first kappa shape index (κ1) is 24.7. The quantitative estimate of drug-likeness (QED) is 0.367. The highest BCUT2D eigenvalue weighted by atomic mass is 19.4. The van der Waals surface area contributed by atoms with Crippen molar-refractivity contribution in [2.75, 3.05) is 17.7 Å². The molecule has 0 spiro atoms. The van der Waals surface area contributed by atoms with Crippen LogP contribution in [-0.4, -0.2) is 32.3 Å². The zero-order valence-corrected chi connectivity index (χ0v) is 19.1. The third-order valence-electron chi connectivity index (χ3n) is 5.24. The van der Waals surface area contributed by atoms with Crippen LogP contribution in [0.3, 0.4) is 0 Å². The molecule has 0 atom stereocenters. The second kappa shape index (κ2) is 9.68. The molecule has 0 aliphatic rings. The van der Waals surface area contributed by atoms with Crippen LogP contribution in [0.25, 0.3) is 11.0 Å². The molecule has 4 aromatic rings. The van der Waals surface area contributed by atoms with E-state index in [1.54, 1.807) is 6.92 Å². The average molecular weight is 504 g/mol. The van der Waals surface area contributed by atoms with Crippen molar-refractivity contribution in [3.05, 3.63) is 70.5 Å². The Balaban J connectivity index is 1.58. The molecule has 0 radical (unpaired) electrons. The summed E-state index contributed by atoms with van der Waals surface area (Å²) in [6, 6.07) is 8.24. The number of anilines is 3. The van der Waals surface area contributed by atoms with Crippen LogP contribution in [-0.2, 0) is 24.1 Å². The SMILES string of the molecule is CCn1nc(Nc2ccc(C(F)(F)F)cc2)c2ncn(CC(=O)Nc3ccc(OC)c(F)c3)c(=O)c21. The topological polar surface area (TPSA) is 103 Å². The predicted molar refractivity (Wildman–Crippen MR) is 124 cm³/mol. The van der Waals surface area contributed by atoms with Crippen LogP contribution in [0.1, 0.15) is 12.5 Å². The zero-order chi connectivity index (χ0) is 26.0. The lowest BCUT2D eigenvalue weighted by molar-refractivity contribution is -0.137. The fourth-order valence-electron chi connectivity index (χ4n) is 3.51. The van der Waals surface area contributed by atoms with Crippen molar-refractivity contribution in [1.82, 2.24) is 19.3 Å². The number of rotatable bonds is 7. The van der Waals surface area contributed by atoms with E-state index in [0.717, 1.165) is 22.8 Å². The summed E-state index contributed by atoms with van der Waals surface area (Å²) in [6.07, 6.45) is -3.30. The van der Waals surface area contributed by atoms with Gasteiger partial charge in [0.2, 0.25) is 5.91 Å². The van der Waals surface area contributed by atoms with Crippen LogP contribution in [0.4, 0.5) is 34.8 Å². The molecule has 13 heteroatoms. The maximum Gasteiger partial charge on any atom is 0.416 e. The number of ether oxygens (including phenoxy) is 1. The molecule has 36 heavy (non-hydrogen) atoms. The van der Waals surface area contributed by atoms with E-state index in [9.17, 15) is 27.2 Å². The van der Waals surface area contributed by atoms with Gasteiger partial charge in [-0.2, -0.15) is 18.3 Å². The highest BCUT2D eigenvalue weighted by molar-refractivity contribution is 5.91. The molecule has 188 valence electrons. The van der Waals surface area contributed by atoms with Gasteiger partial charge in [0, 0.05) is 24.0 Å². The van der Waals surface area contributed by atoms with Gasteiger partial charge in [-0.1, -0.05) is 0 Å². The van der Waals surface area contributed by atoms with Crippen LogP contribution in [0.15, 0.2) is 53.6 Å². The van der Waals surface area contributed by atoms with Crippen LogP contribution >= 0.6 is 0 Å². The molecule has 0 bridgehead atoms. The van der Waals surface area contributed by atoms with Gasteiger partial charge in [0.15, 0.2) is 22.9 Å². The Morgan fingerprint density at radius 1 is 1.11 bits per heavy atom. The second-order valence-corrected chi connectivity index (χ2v) is 7.64. The Kier molecular flexibility index (Phi) is 6.64. The Bertz CT molecular complexity index is 1480. The lowest BCUT2D eigenvalue weighted by atomic mass is 10.2. The van der Waals surface area contributed by atoms with E-state index in [1.165, 1.54) is 42.4 Å². The number of carbonyl (C=O) groups is 1.